The summed E-state index contributed by atoms with van der Waals surface area (Å²) in [6.45, 7) is 1.54. The number of aromatic nitrogens is 2. The number of sulfonamides is 1. The number of hydrogen-bond acceptors (Lipinski definition) is 5. The van der Waals surface area contributed by atoms with Gasteiger partial charge in [0.2, 0.25) is 15.9 Å². The van der Waals surface area contributed by atoms with Gasteiger partial charge in [-0.1, -0.05) is 0 Å². The van der Waals surface area contributed by atoms with Gasteiger partial charge in [-0.2, -0.15) is 5.10 Å². The zero-order valence-electron chi connectivity index (χ0n) is 9.54. The predicted molar refractivity (Wildman–Crippen MR) is 61.2 cm³/mol. The van der Waals surface area contributed by atoms with E-state index < -0.39 is 22.0 Å². The van der Waals surface area contributed by atoms with Gasteiger partial charge >= 0.3 is 0 Å². The first kappa shape index (κ1) is 13.5. The SMILES string of the molecule is CC(CC(N)=O)NS(=O)(=O)c1cn(C)nc1N. The molecule has 1 atom stereocenters. The maximum absolute atomic E-state index is 11.9. The first-order valence-electron chi connectivity index (χ1n) is 4.82. The highest BCUT2D eigenvalue weighted by Crippen LogP contribution is 2.15. The Morgan fingerprint density at radius 3 is 2.65 bits per heavy atom. The van der Waals surface area contributed by atoms with Crippen LogP contribution in [0, 0.1) is 0 Å². The Morgan fingerprint density at radius 1 is 1.65 bits per heavy atom. The quantitative estimate of drug-likeness (QED) is 0.596. The van der Waals surface area contributed by atoms with Crippen LogP contribution in [0.3, 0.4) is 0 Å². The van der Waals surface area contributed by atoms with Crippen molar-refractivity contribution in [1.82, 2.24) is 14.5 Å². The van der Waals surface area contributed by atoms with Crippen molar-refractivity contribution < 1.29 is 13.2 Å². The fourth-order valence-electron chi connectivity index (χ4n) is 1.36. The van der Waals surface area contributed by atoms with E-state index in [2.05, 4.69) is 9.82 Å². The van der Waals surface area contributed by atoms with E-state index in [0.29, 0.717) is 0 Å². The van der Waals surface area contributed by atoms with Gasteiger partial charge in [0.1, 0.15) is 4.90 Å². The fourth-order valence-corrected chi connectivity index (χ4v) is 2.71. The molecule has 1 unspecified atom stereocenters. The van der Waals surface area contributed by atoms with Gasteiger partial charge in [0.05, 0.1) is 0 Å². The molecule has 9 heteroatoms. The first-order valence-corrected chi connectivity index (χ1v) is 6.30. The third kappa shape index (κ3) is 3.43. The van der Waals surface area contributed by atoms with Gasteiger partial charge in [-0.3, -0.25) is 9.48 Å². The number of nitrogens with two attached hydrogens (primary N) is 2. The molecule has 8 nitrogen and oxygen atoms in total. The highest BCUT2D eigenvalue weighted by atomic mass is 32.2. The summed E-state index contributed by atoms with van der Waals surface area (Å²) in [6.07, 6.45) is 1.20. The van der Waals surface area contributed by atoms with E-state index in [0.717, 1.165) is 0 Å². The highest BCUT2D eigenvalue weighted by molar-refractivity contribution is 7.89. The third-order valence-electron chi connectivity index (χ3n) is 1.98. The maximum atomic E-state index is 11.9. The lowest BCUT2D eigenvalue weighted by Gasteiger charge is -2.11. The predicted octanol–water partition coefficient (Wildman–Crippen LogP) is -1.46. The van der Waals surface area contributed by atoms with Crippen molar-refractivity contribution in [3.05, 3.63) is 6.20 Å². The normalized spacial score (nSPS) is 13.5. The minimum absolute atomic E-state index is 0.0839. The van der Waals surface area contributed by atoms with Gasteiger partial charge in [-0.15, -0.1) is 0 Å². The van der Waals surface area contributed by atoms with Crippen LogP contribution in [-0.4, -0.2) is 30.1 Å². The number of anilines is 1. The first-order chi connectivity index (χ1) is 7.72. The van der Waals surface area contributed by atoms with Gasteiger partial charge in [-0.05, 0) is 6.92 Å². The molecule has 0 bridgehead atoms. The van der Waals surface area contributed by atoms with E-state index in [1.54, 1.807) is 7.05 Å². The minimum Gasteiger partial charge on any atom is -0.381 e. The fraction of sp³-hybridized carbons (Fsp3) is 0.500. The van der Waals surface area contributed by atoms with Crippen LogP contribution < -0.4 is 16.2 Å². The summed E-state index contributed by atoms with van der Waals surface area (Å²) in [5.74, 6) is -0.675. The molecule has 1 amide bonds. The summed E-state index contributed by atoms with van der Waals surface area (Å²) in [7, 11) is -2.22. The minimum atomic E-state index is -3.78. The van der Waals surface area contributed by atoms with Crippen molar-refractivity contribution in [3.8, 4) is 0 Å². The lowest BCUT2D eigenvalue weighted by Crippen LogP contribution is -2.35. The van der Waals surface area contributed by atoms with Crippen molar-refractivity contribution in [3.63, 3.8) is 0 Å². The van der Waals surface area contributed by atoms with Crippen molar-refractivity contribution in [2.24, 2.45) is 12.8 Å². The van der Waals surface area contributed by atoms with Crippen LogP contribution in [0.5, 0.6) is 0 Å². The Bertz CT molecular complexity index is 521. The standard InChI is InChI=1S/C8H15N5O3S/c1-5(3-7(9)14)12-17(15,16)6-4-13(2)11-8(6)10/h4-5,12H,3H2,1-2H3,(H2,9,14)(H2,10,11). The van der Waals surface area contributed by atoms with Crippen molar-refractivity contribution in [2.45, 2.75) is 24.3 Å². The van der Waals surface area contributed by atoms with E-state index in [1.807, 2.05) is 0 Å². The van der Waals surface area contributed by atoms with E-state index >= 15 is 0 Å². The average Bonchev–Trinajstić information content (AvgIpc) is 2.42. The number of primary amides is 1. The number of carbonyl (C=O) groups excluding carboxylic acids is 1. The zero-order valence-corrected chi connectivity index (χ0v) is 10.4. The third-order valence-corrected chi connectivity index (χ3v) is 3.58. The van der Waals surface area contributed by atoms with Gasteiger partial charge in [0.25, 0.3) is 0 Å². The molecule has 0 spiro atoms. The molecule has 0 saturated carbocycles. The van der Waals surface area contributed by atoms with Crippen LogP contribution in [0.25, 0.3) is 0 Å². The lowest BCUT2D eigenvalue weighted by molar-refractivity contribution is -0.118. The van der Waals surface area contributed by atoms with Crippen LogP contribution in [0.1, 0.15) is 13.3 Å². The summed E-state index contributed by atoms with van der Waals surface area (Å²) in [6, 6.07) is -0.600. The van der Waals surface area contributed by atoms with Crippen molar-refractivity contribution in [1.29, 1.82) is 0 Å². The molecule has 1 aromatic heterocycles. The summed E-state index contributed by atoms with van der Waals surface area (Å²) in [4.78, 5) is 10.5. The largest absolute Gasteiger partial charge is 0.381 e. The van der Waals surface area contributed by atoms with Crippen molar-refractivity contribution in [2.75, 3.05) is 5.73 Å². The maximum Gasteiger partial charge on any atom is 0.246 e. The van der Waals surface area contributed by atoms with Gasteiger partial charge in [-0.25, -0.2) is 13.1 Å². The number of amides is 1. The van der Waals surface area contributed by atoms with E-state index in [9.17, 15) is 13.2 Å². The molecule has 0 aromatic carbocycles. The monoisotopic (exact) mass is 261 g/mol. The number of carbonyl (C=O) groups is 1. The molecule has 0 saturated heterocycles. The Morgan fingerprint density at radius 2 is 2.24 bits per heavy atom. The molecule has 0 aliphatic carbocycles. The molecule has 17 heavy (non-hydrogen) atoms. The van der Waals surface area contributed by atoms with Crippen LogP contribution in [0.15, 0.2) is 11.1 Å². The summed E-state index contributed by atoms with van der Waals surface area (Å²) in [5.41, 5.74) is 10.4. The Hall–Kier alpha value is -1.61. The van der Waals surface area contributed by atoms with Crippen LogP contribution >= 0.6 is 0 Å². The molecule has 1 rings (SSSR count). The molecule has 0 aliphatic heterocycles. The highest BCUT2D eigenvalue weighted by Gasteiger charge is 2.23. The topological polar surface area (TPSA) is 133 Å². The lowest BCUT2D eigenvalue weighted by atomic mass is 10.2. The second-order valence-electron chi connectivity index (χ2n) is 3.75. The Balaban J connectivity index is 2.89. The smallest absolute Gasteiger partial charge is 0.246 e. The van der Waals surface area contributed by atoms with Gasteiger partial charge in [0, 0.05) is 25.7 Å². The molecule has 5 N–H and O–H groups in total. The molecule has 0 fully saturated rings. The van der Waals surface area contributed by atoms with Crippen LogP contribution in [-0.2, 0) is 21.9 Å². The molecule has 1 heterocycles. The number of aryl methyl sites for hydroxylation is 1. The number of nitrogens with one attached hydrogen (secondary N) is 1. The second-order valence-corrected chi connectivity index (χ2v) is 5.43. The van der Waals surface area contributed by atoms with E-state index in [1.165, 1.54) is 17.8 Å². The summed E-state index contributed by atoms with van der Waals surface area (Å²) in [5, 5.41) is 3.73. The van der Waals surface area contributed by atoms with Crippen LogP contribution in [0.4, 0.5) is 5.82 Å². The van der Waals surface area contributed by atoms with E-state index in [-0.39, 0.29) is 17.1 Å². The number of hydrogen-bond donors (Lipinski definition) is 3. The van der Waals surface area contributed by atoms with Gasteiger partial charge < -0.3 is 11.5 Å². The molecule has 0 aliphatic rings. The van der Waals surface area contributed by atoms with Crippen LogP contribution in [0.2, 0.25) is 0 Å². The molecule has 0 radical (unpaired) electrons. The number of nitrogen functional groups attached to an aromatic ring is 1. The molecular formula is C8H15N5O3S. The van der Waals surface area contributed by atoms with E-state index in [4.69, 9.17) is 11.5 Å². The molecular weight excluding hydrogens is 246 g/mol. The Labute approximate surface area is 99.0 Å². The van der Waals surface area contributed by atoms with Gasteiger partial charge in [0.15, 0.2) is 5.82 Å². The molecule has 96 valence electrons. The average molecular weight is 261 g/mol. The Kier molecular flexibility index (Phi) is 3.73. The number of rotatable bonds is 5. The molecule has 1 aromatic rings. The number of nitrogens with zero attached hydrogens (tertiary/aromatic N) is 2. The van der Waals surface area contributed by atoms with Crippen molar-refractivity contribution >= 4 is 21.7 Å². The summed E-state index contributed by atoms with van der Waals surface area (Å²) >= 11 is 0. The second kappa shape index (κ2) is 4.72. The zero-order chi connectivity index (χ0) is 13.2. The summed E-state index contributed by atoms with van der Waals surface area (Å²) < 4.78 is 27.3.